The van der Waals surface area contributed by atoms with Crippen LogP contribution in [0.25, 0.3) is 11.1 Å². The summed E-state index contributed by atoms with van der Waals surface area (Å²) in [5.74, 6) is -1.15. The van der Waals surface area contributed by atoms with Crippen LogP contribution >= 0.6 is 11.8 Å². The third-order valence-electron chi connectivity index (χ3n) is 5.73. The van der Waals surface area contributed by atoms with Gasteiger partial charge in [-0.3, -0.25) is 4.79 Å². The van der Waals surface area contributed by atoms with Crippen molar-refractivity contribution in [2.24, 2.45) is 0 Å². The third-order valence-corrected chi connectivity index (χ3v) is 6.37. The fourth-order valence-electron chi connectivity index (χ4n) is 4.11. The molecule has 0 bridgehead atoms. The van der Waals surface area contributed by atoms with Crippen LogP contribution in [0.2, 0.25) is 0 Å². The standard InChI is InChI=1S/C25H31N3O5S/c1-28(2)14-22(24(30)31)26-23(29)21(12-13-34-3)27-25(32)33-15-20-18-10-6-4-8-16(18)17-9-5-7-11-19(17)20/h4-11,20-22H,12-15H2,1-3H3,(H,26,29)(H,27,32)(H,30,31)/t21?,22-/m0/s1. The molecule has 1 aliphatic rings. The van der Waals surface area contributed by atoms with Crippen LogP contribution in [0.4, 0.5) is 4.79 Å². The van der Waals surface area contributed by atoms with E-state index in [0.717, 1.165) is 22.3 Å². The molecule has 182 valence electrons. The molecule has 2 amide bonds. The predicted octanol–water partition coefficient (Wildman–Crippen LogP) is 2.78. The number of fused-ring (bicyclic) bond motifs is 3. The van der Waals surface area contributed by atoms with Crippen molar-refractivity contribution in [3.63, 3.8) is 0 Å². The van der Waals surface area contributed by atoms with E-state index in [4.69, 9.17) is 4.74 Å². The molecule has 0 saturated heterocycles. The number of ether oxygens (including phenoxy) is 1. The Labute approximate surface area is 204 Å². The Morgan fingerprint density at radius 3 is 2.12 bits per heavy atom. The molecule has 3 rings (SSSR count). The first-order chi connectivity index (χ1) is 16.3. The van der Waals surface area contributed by atoms with Gasteiger partial charge in [-0.05, 0) is 54.8 Å². The number of amides is 2. The molecule has 34 heavy (non-hydrogen) atoms. The Morgan fingerprint density at radius 2 is 1.59 bits per heavy atom. The highest BCUT2D eigenvalue weighted by Crippen LogP contribution is 2.44. The number of nitrogens with zero attached hydrogens (tertiary/aromatic N) is 1. The van der Waals surface area contributed by atoms with Crippen LogP contribution in [0.3, 0.4) is 0 Å². The minimum Gasteiger partial charge on any atom is -0.480 e. The molecule has 2 atom stereocenters. The van der Waals surface area contributed by atoms with Crippen LogP contribution in [0, 0.1) is 0 Å². The fraction of sp³-hybridized carbons (Fsp3) is 0.400. The quantitative estimate of drug-likeness (QED) is 0.449. The number of hydrogen-bond donors (Lipinski definition) is 3. The number of carbonyl (C=O) groups excluding carboxylic acids is 2. The number of benzene rings is 2. The summed E-state index contributed by atoms with van der Waals surface area (Å²) in [5, 5.41) is 14.6. The van der Waals surface area contributed by atoms with Gasteiger partial charge in [0, 0.05) is 12.5 Å². The summed E-state index contributed by atoms with van der Waals surface area (Å²) >= 11 is 1.53. The highest BCUT2D eigenvalue weighted by molar-refractivity contribution is 7.98. The number of alkyl carbamates (subject to hydrolysis) is 1. The number of rotatable bonds is 11. The van der Waals surface area contributed by atoms with Crippen LogP contribution in [0.5, 0.6) is 0 Å². The average Bonchev–Trinajstić information content (AvgIpc) is 3.13. The number of aliphatic carboxylic acids is 1. The predicted molar refractivity (Wildman–Crippen MR) is 133 cm³/mol. The lowest BCUT2D eigenvalue weighted by Crippen LogP contribution is -2.54. The SMILES string of the molecule is CSCCC(NC(=O)OCC1c2ccccc2-c2ccccc21)C(=O)N[C@@H](CN(C)C)C(=O)O. The van der Waals surface area contributed by atoms with Crippen molar-refractivity contribution in [2.45, 2.75) is 24.4 Å². The normalized spacial score (nSPS) is 14.1. The van der Waals surface area contributed by atoms with E-state index in [1.54, 1.807) is 19.0 Å². The number of likely N-dealkylation sites (N-methyl/N-ethyl adjacent to an activating group) is 1. The molecule has 8 nitrogen and oxygen atoms in total. The Morgan fingerprint density at radius 1 is 1.00 bits per heavy atom. The molecule has 1 unspecified atom stereocenters. The molecular weight excluding hydrogens is 454 g/mol. The van der Waals surface area contributed by atoms with Crippen LogP contribution < -0.4 is 10.6 Å². The van der Waals surface area contributed by atoms with Crippen molar-refractivity contribution in [2.75, 3.05) is 39.3 Å². The van der Waals surface area contributed by atoms with E-state index in [0.29, 0.717) is 12.2 Å². The molecule has 0 radical (unpaired) electrons. The lowest BCUT2D eigenvalue weighted by Gasteiger charge is -2.23. The molecule has 0 heterocycles. The zero-order chi connectivity index (χ0) is 24.7. The van der Waals surface area contributed by atoms with Gasteiger partial charge in [0.25, 0.3) is 0 Å². The molecule has 0 aliphatic heterocycles. The van der Waals surface area contributed by atoms with Gasteiger partial charge in [-0.2, -0.15) is 11.8 Å². The average molecular weight is 486 g/mol. The van der Waals surface area contributed by atoms with Gasteiger partial charge in [-0.1, -0.05) is 48.5 Å². The topological polar surface area (TPSA) is 108 Å². The summed E-state index contributed by atoms with van der Waals surface area (Å²) in [6.07, 6.45) is 1.54. The van der Waals surface area contributed by atoms with Gasteiger partial charge in [0.1, 0.15) is 18.7 Å². The number of carboxylic acids is 1. The number of carboxylic acid groups (broad SMARTS) is 1. The second-order valence-electron chi connectivity index (χ2n) is 8.47. The summed E-state index contributed by atoms with van der Waals surface area (Å²) in [6.45, 7) is 0.274. The van der Waals surface area contributed by atoms with Crippen molar-refractivity contribution in [1.29, 1.82) is 0 Å². The van der Waals surface area contributed by atoms with Crippen LogP contribution in [-0.2, 0) is 14.3 Å². The van der Waals surface area contributed by atoms with E-state index >= 15 is 0 Å². The van der Waals surface area contributed by atoms with Crippen molar-refractivity contribution in [1.82, 2.24) is 15.5 Å². The molecule has 2 aromatic carbocycles. The second-order valence-corrected chi connectivity index (χ2v) is 9.45. The Bertz CT molecular complexity index is 984. The summed E-state index contributed by atoms with van der Waals surface area (Å²) in [4.78, 5) is 38.6. The van der Waals surface area contributed by atoms with Gasteiger partial charge in [0.05, 0.1) is 0 Å². The van der Waals surface area contributed by atoms with E-state index in [1.807, 2.05) is 42.7 Å². The van der Waals surface area contributed by atoms with Crippen molar-refractivity contribution >= 4 is 29.7 Å². The lowest BCUT2D eigenvalue weighted by atomic mass is 9.98. The highest BCUT2D eigenvalue weighted by atomic mass is 32.2. The van der Waals surface area contributed by atoms with Gasteiger partial charge >= 0.3 is 12.1 Å². The maximum Gasteiger partial charge on any atom is 0.407 e. The minimum absolute atomic E-state index is 0.0897. The fourth-order valence-corrected chi connectivity index (χ4v) is 4.58. The maximum absolute atomic E-state index is 12.8. The summed E-state index contributed by atoms with van der Waals surface area (Å²) in [5.41, 5.74) is 4.46. The van der Waals surface area contributed by atoms with Gasteiger partial charge in [-0.25, -0.2) is 9.59 Å². The van der Waals surface area contributed by atoms with Gasteiger partial charge in [-0.15, -0.1) is 0 Å². The van der Waals surface area contributed by atoms with E-state index < -0.39 is 30.1 Å². The monoisotopic (exact) mass is 485 g/mol. The molecule has 1 aliphatic carbocycles. The van der Waals surface area contributed by atoms with Gasteiger partial charge in [0.15, 0.2) is 0 Å². The molecule has 0 saturated carbocycles. The van der Waals surface area contributed by atoms with E-state index in [9.17, 15) is 19.5 Å². The first kappa shape index (κ1) is 25.6. The van der Waals surface area contributed by atoms with Crippen molar-refractivity contribution < 1.29 is 24.2 Å². The Balaban J connectivity index is 1.65. The molecule has 0 aromatic heterocycles. The van der Waals surface area contributed by atoms with Crippen LogP contribution in [0.15, 0.2) is 48.5 Å². The minimum atomic E-state index is -1.13. The zero-order valence-corrected chi connectivity index (χ0v) is 20.4. The molecule has 2 aromatic rings. The van der Waals surface area contributed by atoms with Crippen molar-refractivity contribution in [3.05, 3.63) is 59.7 Å². The van der Waals surface area contributed by atoms with Crippen LogP contribution in [0.1, 0.15) is 23.5 Å². The number of thioether (sulfide) groups is 1. The van der Waals surface area contributed by atoms with E-state index in [2.05, 4.69) is 22.8 Å². The Hall–Kier alpha value is -3.04. The maximum atomic E-state index is 12.8. The highest BCUT2D eigenvalue weighted by Gasteiger charge is 2.30. The Kier molecular flexibility index (Phi) is 8.95. The first-order valence-electron chi connectivity index (χ1n) is 11.1. The largest absolute Gasteiger partial charge is 0.480 e. The second kappa shape index (κ2) is 11.9. The van der Waals surface area contributed by atoms with Gasteiger partial charge < -0.3 is 25.4 Å². The van der Waals surface area contributed by atoms with Crippen LogP contribution in [-0.4, -0.2) is 79.3 Å². The third kappa shape index (κ3) is 6.30. The van der Waals surface area contributed by atoms with E-state index in [-0.39, 0.29) is 19.1 Å². The number of hydrogen-bond acceptors (Lipinski definition) is 6. The molecule has 9 heteroatoms. The summed E-state index contributed by atoms with van der Waals surface area (Å²) in [6, 6.07) is 14.1. The molecule has 0 fully saturated rings. The molecule has 3 N–H and O–H groups in total. The smallest absolute Gasteiger partial charge is 0.407 e. The molecular formula is C25H31N3O5S. The zero-order valence-electron chi connectivity index (χ0n) is 19.6. The summed E-state index contributed by atoms with van der Waals surface area (Å²) in [7, 11) is 3.45. The van der Waals surface area contributed by atoms with Gasteiger partial charge in [0.2, 0.25) is 5.91 Å². The van der Waals surface area contributed by atoms with Crippen molar-refractivity contribution in [3.8, 4) is 11.1 Å². The number of carbonyl (C=O) groups is 3. The van der Waals surface area contributed by atoms with E-state index in [1.165, 1.54) is 11.8 Å². The number of nitrogens with one attached hydrogen (secondary N) is 2. The first-order valence-corrected chi connectivity index (χ1v) is 12.5. The summed E-state index contributed by atoms with van der Waals surface area (Å²) < 4.78 is 5.56. The molecule has 0 spiro atoms. The lowest BCUT2D eigenvalue weighted by molar-refractivity contribution is -0.142.